The minimum absolute atomic E-state index is 0.0671. The van der Waals surface area contributed by atoms with Crippen LogP contribution in [0.4, 0.5) is 0 Å². The maximum Gasteiger partial charge on any atom is 0.223 e. The number of aryl methyl sites for hydroxylation is 1. The average molecular weight is 337 g/mol. The molecular formula is C16H27N5O3. The first kappa shape index (κ1) is 17.3. The predicted molar refractivity (Wildman–Crippen MR) is 87.4 cm³/mol. The summed E-state index contributed by atoms with van der Waals surface area (Å²) in [5.74, 6) is 1.18. The predicted octanol–water partition coefficient (Wildman–Crippen LogP) is 0.133. The molecule has 1 atom stereocenters. The van der Waals surface area contributed by atoms with Gasteiger partial charge in [-0.05, 0) is 6.42 Å². The minimum Gasteiger partial charge on any atom is -0.379 e. The number of carbonyl (C=O) groups excluding carboxylic acids is 1. The lowest BCUT2D eigenvalue weighted by molar-refractivity contribution is -0.131. The number of rotatable bonds is 6. The number of nitrogens with zero attached hydrogens (tertiary/aromatic N) is 5. The van der Waals surface area contributed by atoms with E-state index in [4.69, 9.17) is 9.26 Å². The van der Waals surface area contributed by atoms with Crippen LogP contribution in [0.2, 0.25) is 0 Å². The van der Waals surface area contributed by atoms with Crippen molar-refractivity contribution in [2.45, 2.75) is 32.9 Å². The van der Waals surface area contributed by atoms with Crippen molar-refractivity contribution in [2.24, 2.45) is 0 Å². The number of likely N-dealkylation sites (tertiary alicyclic amines) is 1. The Bertz CT molecular complexity index is 544. The fraction of sp³-hybridized carbons (Fsp3) is 0.812. The van der Waals surface area contributed by atoms with E-state index < -0.39 is 0 Å². The Morgan fingerprint density at radius 2 is 2.00 bits per heavy atom. The van der Waals surface area contributed by atoms with Gasteiger partial charge in [-0.3, -0.25) is 14.6 Å². The van der Waals surface area contributed by atoms with Crippen LogP contribution in [0.15, 0.2) is 4.52 Å². The van der Waals surface area contributed by atoms with Crippen LogP contribution in [-0.4, -0.2) is 89.3 Å². The normalized spacial score (nSPS) is 22.8. The first-order valence-electron chi connectivity index (χ1n) is 8.70. The summed E-state index contributed by atoms with van der Waals surface area (Å²) in [4.78, 5) is 23.0. The Hall–Kier alpha value is -1.51. The highest BCUT2D eigenvalue weighted by Gasteiger charge is 2.30. The largest absolute Gasteiger partial charge is 0.379 e. The van der Waals surface area contributed by atoms with Gasteiger partial charge in [-0.1, -0.05) is 5.16 Å². The Morgan fingerprint density at radius 1 is 1.25 bits per heavy atom. The van der Waals surface area contributed by atoms with Crippen LogP contribution in [0, 0.1) is 6.92 Å². The summed E-state index contributed by atoms with van der Waals surface area (Å²) in [6, 6.07) is 0.228. The highest BCUT2D eigenvalue weighted by molar-refractivity contribution is 5.73. The Balaban J connectivity index is 1.49. The van der Waals surface area contributed by atoms with Gasteiger partial charge in [0.25, 0.3) is 0 Å². The van der Waals surface area contributed by atoms with Crippen LogP contribution < -0.4 is 0 Å². The average Bonchev–Trinajstić information content (AvgIpc) is 3.20. The molecule has 0 radical (unpaired) electrons. The van der Waals surface area contributed by atoms with Gasteiger partial charge in [-0.25, -0.2) is 0 Å². The van der Waals surface area contributed by atoms with Crippen molar-refractivity contribution in [1.82, 2.24) is 24.8 Å². The fourth-order valence-corrected chi connectivity index (χ4v) is 3.43. The molecule has 8 nitrogen and oxygen atoms in total. The maximum atomic E-state index is 12.1. The SMILES string of the molecule is CC(=O)N(Cc1noc(C)n1)[C@@H]1CCN(CCN2CCOCC2)C1. The topological polar surface area (TPSA) is 74.9 Å². The summed E-state index contributed by atoms with van der Waals surface area (Å²) in [6.07, 6.45) is 1.000. The zero-order valence-corrected chi connectivity index (χ0v) is 14.6. The second kappa shape index (κ2) is 8.04. The highest BCUT2D eigenvalue weighted by atomic mass is 16.5. The van der Waals surface area contributed by atoms with Crippen molar-refractivity contribution in [1.29, 1.82) is 0 Å². The fourth-order valence-electron chi connectivity index (χ4n) is 3.43. The van der Waals surface area contributed by atoms with Gasteiger partial charge in [0, 0.05) is 59.2 Å². The number of morpholine rings is 1. The molecule has 134 valence electrons. The molecule has 24 heavy (non-hydrogen) atoms. The van der Waals surface area contributed by atoms with Crippen molar-refractivity contribution in [3.05, 3.63) is 11.7 Å². The van der Waals surface area contributed by atoms with E-state index in [1.54, 1.807) is 13.8 Å². The molecule has 2 aliphatic rings. The molecular weight excluding hydrogens is 310 g/mol. The molecule has 0 aromatic carbocycles. The summed E-state index contributed by atoms with van der Waals surface area (Å²) in [5, 5.41) is 3.91. The van der Waals surface area contributed by atoms with Crippen molar-refractivity contribution in [2.75, 3.05) is 52.5 Å². The molecule has 1 aromatic rings. The van der Waals surface area contributed by atoms with Crippen LogP contribution in [0.3, 0.4) is 0 Å². The summed E-state index contributed by atoms with van der Waals surface area (Å²) in [6.45, 7) is 11.6. The first-order chi connectivity index (χ1) is 11.6. The van der Waals surface area contributed by atoms with Crippen LogP contribution >= 0.6 is 0 Å². The van der Waals surface area contributed by atoms with Crippen molar-refractivity contribution < 1.29 is 14.1 Å². The van der Waals surface area contributed by atoms with Crippen molar-refractivity contribution in [3.8, 4) is 0 Å². The lowest BCUT2D eigenvalue weighted by Gasteiger charge is -2.29. The van der Waals surface area contributed by atoms with Gasteiger partial charge in [-0.15, -0.1) is 0 Å². The third kappa shape index (κ3) is 4.52. The summed E-state index contributed by atoms with van der Waals surface area (Å²) in [5.41, 5.74) is 0. The van der Waals surface area contributed by atoms with E-state index in [-0.39, 0.29) is 11.9 Å². The van der Waals surface area contributed by atoms with Crippen LogP contribution in [-0.2, 0) is 16.1 Å². The van der Waals surface area contributed by atoms with Crippen LogP contribution in [0.1, 0.15) is 25.1 Å². The molecule has 0 bridgehead atoms. The van der Waals surface area contributed by atoms with E-state index in [1.807, 2.05) is 4.90 Å². The molecule has 0 saturated carbocycles. The Morgan fingerprint density at radius 3 is 2.67 bits per heavy atom. The number of amides is 1. The van der Waals surface area contributed by atoms with Gasteiger partial charge in [0.1, 0.15) is 0 Å². The molecule has 3 heterocycles. The van der Waals surface area contributed by atoms with Crippen LogP contribution in [0.5, 0.6) is 0 Å². The number of hydrogen-bond acceptors (Lipinski definition) is 7. The number of ether oxygens (including phenoxy) is 1. The van der Waals surface area contributed by atoms with E-state index in [0.717, 1.165) is 58.9 Å². The smallest absolute Gasteiger partial charge is 0.223 e. The monoisotopic (exact) mass is 337 g/mol. The Labute approximate surface area is 142 Å². The van der Waals surface area contributed by atoms with Gasteiger partial charge in [0.05, 0.1) is 19.8 Å². The number of hydrogen-bond donors (Lipinski definition) is 0. The zero-order valence-electron chi connectivity index (χ0n) is 14.6. The second-order valence-corrected chi connectivity index (χ2v) is 6.57. The molecule has 3 rings (SSSR count). The quantitative estimate of drug-likeness (QED) is 0.730. The summed E-state index contributed by atoms with van der Waals surface area (Å²) >= 11 is 0. The lowest BCUT2D eigenvalue weighted by atomic mass is 10.2. The van der Waals surface area contributed by atoms with Crippen molar-refractivity contribution in [3.63, 3.8) is 0 Å². The molecule has 0 N–H and O–H groups in total. The lowest BCUT2D eigenvalue weighted by Crippen LogP contribution is -2.43. The van der Waals surface area contributed by atoms with Gasteiger partial charge in [-0.2, -0.15) is 4.98 Å². The van der Waals surface area contributed by atoms with Gasteiger partial charge in [0.2, 0.25) is 11.8 Å². The summed E-state index contributed by atoms with van der Waals surface area (Å²) in [7, 11) is 0. The molecule has 2 aliphatic heterocycles. The Kier molecular flexibility index (Phi) is 5.80. The van der Waals surface area contributed by atoms with E-state index in [1.165, 1.54) is 0 Å². The molecule has 2 fully saturated rings. The van der Waals surface area contributed by atoms with Crippen molar-refractivity contribution >= 4 is 5.91 Å². The van der Waals surface area contributed by atoms with E-state index >= 15 is 0 Å². The van der Waals surface area contributed by atoms with Gasteiger partial charge >= 0.3 is 0 Å². The summed E-state index contributed by atoms with van der Waals surface area (Å²) < 4.78 is 10.4. The third-order valence-electron chi connectivity index (χ3n) is 4.81. The minimum atomic E-state index is 0.0671. The second-order valence-electron chi connectivity index (χ2n) is 6.57. The molecule has 0 unspecified atom stereocenters. The van der Waals surface area contributed by atoms with E-state index in [2.05, 4.69) is 19.9 Å². The molecule has 0 aliphatic carbocycles. The number of carbonyl (C=O) groups is 1. The molecule has 0 spiro atoms. The zero-order chi connectivity index (χ0) is 16.9. The van der Waals surface area contributed by atoms with E-state index in [0.29, 0.717) is 18.3 Å². The molecule has 1 aromatic heterocycles. The van der Waals surface area contributed by atoms with Gasteiger partial charge < -0.3 is 14.2 Å². The molecule has 1 amide bonds. The molecule has 8 heteroatoms. The maximum absolute atomic E-state index is 12.1. The van der Waals surface area contributed by atoms with Gasteiger partial charge in [0.15, 0.2) is 5.82 Å². The van der Waals surface area contributed by atoms with Crippen LogP contribution in [0.25, 0.3) is 0 Å². The first-order valence-corrected chi connectivity index (χ1v) is 8.70. The highest BCUT2D eigenvalue weighted by Crippen LogP contribution is 2.18. The van der Waals surface area contributed by atoms with E-state index in [9.17, 15) is 4.79 Å². The molecule has 2 saturated heterocycles. The standard InChI is InChI=1S/C16H27N5O3/c1-13-17-16(18-24-13)12-21(14(2)22)15-3-4-20(11-15)6-5-19-7-9-23-10-8-19/h15H,3-12H2,1-2H3/t15-/m1/s1. The third-order valence-corrected chi connectivity index (χ3v) is 4.81. The number of aromatic nitrogens is 2.